The third-order valence-electron chi connectivity index (χ3n) is 3.90. The number of anilines is 1. The van der Waals surface area contributed by atoms with Crippen LogP contribution in [0.5, 0.6) is 0 Å². The van der Waals surface area contributed by atoms with Gasteiger partial charge in [0.2, 0.25) is 0 Å². The summed E-state index contributed by atoms with van der Waals surface area (Å²) in [4.78, 5) is 17.8. The van der Waals surface area contributed by atoms with E-state index in [0.717, 1.165) is 37.4 Å². The van der Waals surface area contributed by atoms with Crippen molar-refractivity contribution < 1.29 is 5.11 Å². The van der Waals surface area contributed by atoms with Crippen molar-refractivity contribution >= 4 is 5.82 Å². The second kappa shape index (κ2) is 5.58. The predicted molar refractivity (Wildman–Crippen MR) is 75.3 cm³/mol. The maximum atomic E-state index is 10.3. The van der Waals surface area contributed by atoms with Crippen LogP contribution in [-0.4, -0.2) is 38.1 Å². The molecule has 0 aromatic carbocycles. The molecule has 106 valence electrons. The van der Waals surface area contributed by atoms with Crippen LogP contribution in [-0.2, 0) is 0 Å². The molecule has 0 aliphatic carbocycles. The third-order valence-corrected chi connectivity index (χ3v) is 3.90. The van der Waals surface area contributed by atoms with E-state index in [9.17, 15) is 5.11 Å². The zero-order chi connectivity index (χ0) is 13.9. The predicted octanol–water partition coefficient (Wildman–Crippen LogP) is 1.46. The lowest BCUT2D eigenvalue weighted by molar-refractivity contribution is 0.0856. The Hall–Kier alpha value is -1.95. The van der Waals surface area contributed by atoms with Gasteiger partial charge in [-0.1, -0.05) is 0 Å². The fraction of sp³-hybridized carbons (Fsp3) is 0.500. The summed E-state index contributed by atoms with van der Waals surface area (Å²) in [5.41, 5.74) is 0.979. The molecule has 0 saturated carbocycles. The van der Waals surface area contributed by atoms with Crippen molar-refractivity contribution in [3.63, 3.8) is 0 Å². The standard InChI is InChI=1S/C14H19N5O/c1-10-8-12(18-9-17-10)19-6-2-11(3-7-19)13(20)14-15-4-5-16-14/h4-5,8-9,11,13,20H,2-3,6-7H2,1H3,(H,15,16). The number of H-pyrrole nitrogens is 1. The van der Waals surface area contributed by atoms with Crippen molar-refractivity contribution in [1.82, 2.24) is 19.9 Å². The molecule has 20 heavy (non-hydrogen) atoms. The summed E-state index contributed by atoms with van der Waals surface area (Å²) < 4.78 is 0. The number of imidazole rings is 1. The molecule has 6 nitrogen and oxygen atoms in total. The number of rotatable bonds is 3. The first kappa shape index (κ1) is 13.1. The number of aromatic nitrogens is 4. The molecular weight excluding hydrogens is 254 g/mol. The highest BCUT2D eigenvalue weighted by molar-refractivity contribution is 5.39. The highest BCUT2D eigenvalue weighted by Gasteiger charge is 2.28. The lowest BCUT2D eigenvalue weighted by Gasteiger charge is -2.34. The maximum absolute atomic E-state index is 10.3. The first-order chi connectivity index (χ1) is 9.74. The highest BCUT2D eigenvalue weighted by Crippen LogP contribution is 2.30. The van der Waals surface area contributed by atoms with E-state index in [2.05, 4.69) is 24.8 Å². The minimum Gasteiger partial charge on any atom is -0.385 e. The number of aromatic amines is 1. The number of aryl methyl sites for hydroxylation is 1. The highest BCUT2D eigenvalue weighted by atomic mass is 16.3. The van der Waals surface area contributed by atoms with Crippen LogP contribution in [0.1, 0.15) is 30.5 Å². The molecular formula is C14H19N5O. The summed E-state index contributed by atoms with van der Waals surface area (Å²) in [6.45, 7) is 3.77. The van der Waals surface area contributed by atoms with Gasteiger partial charge in [-0.05, 0) is 25.7 Å². The molecule has 0 amide bonds. The topological polar surface area (TPSA) is 77.9 Å². The van der Waals surface area contributed by atoms with Crippen LogP contribution in [0.4, 0.5) is 5.82 Å². The zero-order valence-corrected chi connectivity index (χ0v) is 11.5. The van der Waals surface area contributed by atoms with E-state index in [4.69, 9.17) is 0 Å². The Morgan fingerprint density at radius 2 is 2.10 bits per heavy atom. The lowest BCUT2D eigenvalue weighted by atomic mass is 9.91. The van der Waals surface area contributed by atoms with E-state index in [1.807, 2.05) is 13.0 Å². The van der Waals surface area contributed by atoms with E-state index in [1.54, 1.807) is 18.7 Å². The molecule has 0 bridgehead atoms. The minimum atomic E-state index is -0.501. The molecule has 3 rings (SSSR count). The number of hydrogen-bond donors (Lipinski definition) is 2. The van der Waals surface area contributed by atoms with E-state index in [0.29, 0.717) is 5.82 Å². The second-order valence-electron chi connectivity index (χ2n) is 5.26. The molecule has 1 saturated heterocycles. The molecule has 1 atom stereocenters. The molecule has 2 aromatic heterocycles. The molecule has 0 spiro atoms. The molecule has 3 heterocycles. The van der Waals surface area contributed by atoms with Crippen molar-refractivity contribution in [2.75, 3.05) is 18.0 Å². The zero-order valence-electron chi connectivity index (χ0n) is 11.5. The van der Waals surface area contributed by atoms with Gasteiger partial charge in [-0.15, -0.1) is 0 Å². The molecule has 1 aliphatic heterocycles. The quantitative estimate of drug-likeness (QED) is 0.885. The summed E-state index contributed by atoms with van der Waals surface area (Å²) in [6.07, 6.45) is 6.40. The van der Waals surface area contributed by atoms with Gasteiger partial charge in [0.15, 0.2) is 0 Å². The second-order valence-corrected chi connectivity index (χ2v) is 5.26. The third kappa shape index (κ3) is 2.65. The van der Waals surface area contributed by atoms with Gasteiger partial charge in [0, 0.05) is 37.2 Å². The van der Waals surface area contributed by atoms with Crippen LogP contribution in [0.2, 0.25) is 0 Å². The first-order valence-corrected chi connectivity index (χ1v) is 6.95. The Kier molecular flexibility index (Phi) is 3.64. The summed E-state index contributed by atoms with van der Waals surface area (Å²) in [7, 11) is 0. The van der Waals surface area contributed by atoms with Gasteiger partial charge < -0.3 is 15.0 Å². The average molecular weight is 273 g/mol. The Labute approximate surface area is 117 Å². The number of hydrogen-bond acceptors (Lipinski definition) is 5. The van der Waals surface area contributed by atoms with E-state index < -0.39 is 6.10 Å². The van der Waals surface area contributed by atoms with Gasteiger partial charge in [0.1, 0.15) is 24.1 Å². The van der Waals surface area contributed by atoms with E-state index in [-0.39, 0.29) is 5.92 Å². The average Bonchev–Trinajstić information content (AvgIpc) is 3.01. The van der Waals surface area contributed by atoms with Crippen molar-refractivity contribution in [2.24, 2.45) is 5.92 Å². The van der Waals surface area contributed by atoms with Crippen molar-refractivity contribution in [1.29, 1.82) is 0 Å². The monoisotopic (exact) mass is 273 g/mol. The van der Waals surface area contributed by atoms with Crippen molar-refractivity contribution in [3.8, 4) is 0 Å². The molecule has 6 heteroatoms. The number of aliphatic hydroxyl groups excluding tert-OH is 1. The summed E-state index contributed by atoms with van der Waals surface area (Å²) in [5, 5.41) is 10.3. The summed E-state index contributed by atoms with van der Waals surface area (Å²) >= 11 is 0. The van der Waals surface area contributed by atoms with Crippen LogP contribution in [0, 0.1) is 12.8 Å². The normalized spacial score (nSPS) is 18.2. The van der Waals surface area contributed by atoms with Gasteiger partial charge in [0.25, 0.3) is 0 Å². The van der Waals surface area contributed by atoms with Gasteiger partial charge in [-0.25, -0.2) is 15.0 Å². The number of nitrogens with one attached hydrogen (secondary N) is 1. The largest absolute Gasteiger partial charge is 0.385 e. The van der Waals surface area contributed by atoms with Gasteiger partial charge in [0.05, 0.1) is 0 Å². The van der Waals surface area contributed by atoms with E-state index >= 15 is 0 Å². The van der Waals surface area contributed by atoms with Crippen molar-refractivity contribution in [3.05, 3.63) is 36.3 Å². The van der Waals surface area contributed by atoms with Crippen LogP contribution < -0.4 is 4.90 Å². The van der Waals surface area contributed by atoms with Gasteiger partial charge in [-0.3, -0.25) is 0 Å². The number of aliphatic hydroxyl groups is 1. The fourth-order valence-corrected chi connectivity index (χ4v) is 2.72. The lowest BCUT2D eigenvalue weighted by Crippen LogP contribution is -2.36. The fourth-order valence-electron chi connectivity index (χ4n) is 2.72. The SMILES string of the molecule is Cc1cc(N2CCC(C(O)c3ncc[nH]3)CC2)ncn1. The summed E-state index contributed by atoms with van der Waals surface area (Å²) in [5.74, 6) is 1.89. The first-order valence-electron chi connectivity index (χ1n) is 6.95. The Morgan fingerprint density at radius 1 is 1.30 bits per heavy atom. The molecule has 1 unspecified atom stereocenters. The van der Waals surface area contributed by atoms with Gasteiger partial charge >= 0.3 is 0 Å². The van der Waals surface area contributed by atoms with Crippen molar-refractivity contribution in [2.45, 2.75) is 25.9 Å². The Morgan fingerprint density at radius 3 is 2.75 bits per heavy atom. The van der Waals surface area contributed by atoms with Gasteiger partial charge in [-0.2, -0.15) is 0 Å². The van der Waals surface area contributed by atoms with E-state index in [1.165, 1.54) is 0 Å². The van der Waals surface area contributed by atoms with Crippen LogP contribution >= 0.6 is 0 Å². The molecule has 0 radical (unpaired) electrons. The smallest absolute Gasteiger partial charge is 0.135 e. The molecule has 1 aliphatic rings. The molecule has 2 N–H and O–H groups in total. The Bertz CT molecular complexity index is 548. The maximum Gasteiger partial charge on any atom is 0.135 e. The molecule has 1 fully saturated rings. The summed E-state index contributed by atoms with van der Waals surface area (Å²) in [6, 6.07) is 2.00. The minimum absolute atomic E-state index is 0.250. The Balaban J connectivity index is 1.62. The molecule has 2 aromatic rings. The van der Waals surface area contributed by atoms with Crippen LogP contribution in [0.15, 0.2) is 24.8 Å². The number of piperidine rings is 1. The van der Waals surface area contributed by atoms with Crippen LogP contribution in [0.3, 0.4) is 0 Å². The number of nitrogens with zero attached hydrogens (tertiary/aromatic N) is 4. The van der Waals surface area contributed by atoms with Crippen LogP contribution in [0.25, 0.3) is 0 Å².